The van der Waals surface area contributed by atoms with Crippen LogP contribution in [0, 0.1) is 0 Å². The van der Waals surface area contributed by atoms with E-state index in [4.69, 9.17) is 9.47 Å². The third-order valence-corrected chi connectivity index (χ3v) is 7.30. The van der Waals surface area contributed by atoms with Crippen LogP contribution in [-0.2, 0) is 23.9 Å². The van der Waals surface area contributed by atoms with E-state index in [0.717, 1.165) is 32.0 Å². The van der Waals surface area contributed by atoms with Gasteiger partial charge in [0.1, 0.15) is 18.4 Å². The molecule has 2 atom stereocenters. The van der Waals surface area contributed by atoms with Crippen LogP contribution in [-0.4, -0.2) is 43.5 Å². The van der Waals surface area contributed by atoms with Crippen molar-refractivity contribution in [1.29, 1.82) is 0 Å². The summed E-state index contributed by atoms with van der Waals surface area (Å²) in [6.45, 7) is 6.87. The van der Waals surface area contributed by atoms with Crippen LogP contribution < -0.4 is 5.32 Å². The van der Waals surface area contributed by atoms with E-state index in [1.807, 2.05) is 6.92 Å². The topological polar surface area (TPSA) is 81.7 Å². The zero-order chi connectivity index (χ0) is 28.8. The van der Waals surface area contributed by atoms with E-state index in [9.17, 15) is 14.4 Å². The fourth-order valence-corrected chi connectivity index (χ4v) is 4.73. The van der Waals surface area contributed by atoms with E-state index < -0.39 is 6.04 Å². The summed E-state index contributed by atoms with van der Waals surface area (Å²) < 4.78 is 11.0. The molecule has 0 saturated heterocycles. The van der Waals surface area contributed by atoms with Gasteiger partial charge in [-0.15, -0.1) is 0 Å². The minimum atomic E-state index is -0.630. The lowest BCUT2D eigenvalue weighted by Crippen LogP contribution is -2.39. The van der Waals surface area contributed by atoms with Crippen molar-refractivity contribution in [3.05, 3.63) is 0 Å². The first-order valence-electron chi connectivity index (χ1n) is 16.5. The normalized spacial score (nSPS) is 12.7. The molecule has 0 saturated carbocycles. The Labute approximate surface area is 241 Å². The first kappa shape index (κ1) is 37.6. The standard InChI is InChI=1S/C33H63NO5/c1-4-6-8-10-12-14-15-17-18-20-22-24-32(36)34-31(28-35)29-38-27-26-30(3)39-33(37)25-23-21-19-16-13-11-9-7-5-2/h28,30-31H,4-27,29H2,1-3H3,(H,34,36)/t30-,31+/m1/s1. The lowest BCUT2D eigenvalue weighted by atomic mass is 10.1. The maximum atomic E-state index is 12.1. The van der Waals surface area contributed by atoms with Gasteiger partial charge in [0.2, 0.25) is 5.91 Å². The molecule has 6 heteroatoms. The van der Waals surface area contributed by atoms with Gasteiger partial charge >= 0.3 is 5.97 Å². The lowest BCUT2D eigenvalue weighted by Gasteiger charge is -2.16. The number of amides is 1. The highest BCUT2D eigenvalue weighted by atomic mass is 16.5. The monoisotopic (exact) mass is 553 g/mol. The molecule has 0 aromatic heterocycles. The summed E-state index contributed by atoms with van der Waals surface area (Å²) in [6.07, 6.45) is 26.7. The van der Waals surface area contributed by atoms with Crippen molar-refractivity contribution in [1.82, 2.24) is 5.32 Å². The Kier molecular flexibility index (Phi) is 28.5. The molecule has 0 aliphatic heterocycles. The predicted octanol–water partition coefficient (Wildman–Crippen LogP) is 8.63. The molecule has 6 nitrogen and oxygen atoms in total. The molecule has 0 aromatic carbocycles. The second kappa shape index (κ2) is 29.6. The van der Waals surface area contributed by atoms with Crippen molar-refractivity contribution in [3.8, 4) is 0 Å². The van der Waals surface area contributed by atoms with Gasteiger partial charge in [0.25, 0.3) is 0 Å². The molecular formula is C33H63NO5. The maximum Gasteiger partial charge on any atom is 0.306 e. The predicted molar refractivity (Wildman–Crippen MR) is 162 cm³/mol. The highest BCUT2D eigenvalue weighted by molar-refractivity contribution is 5.79. The number of ether oxygens (including phenoxy) is 2. The molecule has 0 rings (SSSR count). The number of rotatable bonds is 30. The van der Waals surface area contributed by atoms with Gasteiger partial charge in [0, 0.05) is 19.3 Å². The molecule has 0 aromatic rings. The summed E-state index contributed by atoms with van der Waals surface area (Å²) >= 11 is 0. The van der Waals surface area contributed by atoms with Crippen molar-refractivity contribution in [2.45, 2.75) is 181 Å². The number of aldehydes is 1. The Morgan fingerprint density at radius 1 is 0.667 bits per heavy atom. The Balaban J connectivity index is 3.65. The number of hydrogen-bond acceptors (Lipinski definition) is 5. The van der Waals surface area contributed by atoms with Gasteiger partial charge in [0.15, 0.2) is 0 Å². The van der Waals surface area contributed by atoms with E-state index in [-0.39, 0.29) is 24.6 Å². The lowest BCUT2D eigenvalue weighted by molar-refractivity contribution is -0.149. The molecule has 1 N–H and O–H groups in total. The van der Waals surface area contributed by atoms with Gasteiger partial charge in [-0.3, -0.25) is 9.59 Å². The van der Waals surface area contributed by atoms with Crippen molar-refractivity contribution in [3.63, 3.8) is 0 Å². The van der Waals surface area contributed by atoms with E-state index in [2.05, 4.69) is 19.2 Å². The quantitative estimate of drug-likeness (QED) is 0.0547. The summed E-state index contributed by atoms with van der Waals surface area (Å²) in [4.78, 5) is 35.5. The first-order chi connectivity index (χ1) is 19.0. The van der Waals surface area contributed by atoms with Crippen LogP contribution in [0.3, 0.4) is 0 Å². The molecule has 230 valence electrons. The first-order valence-corrected chi connectivity index (χ1v) is 16.5. The Bertz CT molecular complexity index is 568. The molecular weight excluding hydrogens is 490 g/mol. The molecule has 0 heterocycles. The van der Waals surface area contributed by atoms with E-state index in [1.165, 1.54) is 103 Å². The molecule has 0 fully saturated rings. The molecule has 0 radical (unpaired) electrons. The van der Waals surface area contributed by atoms with Crippen molar-refractivity contribution in [2.24, 2.45) is 0 Å². The van der Waals surface area contributed by atoms with Crippen LogP contribution >= 0.6 is 0 Å². The van der Waals surface area contributed by atoms with E-state index in [1.54, 1.807) is 0 Å². The molecule has 0 aliphatic rings. The average Bonchev–Trinajstić information content (AvgIpc) is 2.92. The van der Waals surface area contributed by atoms with Crippen molar-refractivity contribution >= 4 is 18.2 Å². The average molecular weight is 554 g/mol. The van der Waals surface area contributed by atoms with Gasteiger partial charge in [-0.1, -0.05) is 129 Å². The maximum absolute atomic E-state index is 12.1. The second-order valence-corrected chi connectivity index (χ2v) is 11.3. The van der Waals surface area contributed by atoms with Crippen LogP contribution in [0.4, 0.5) is 0 Å². The largest absolute Gasteiger partial charge is 0.463 e. The smallest absolute Gasteiger partial charge is 0.306 e. The number of carbonyl (C=O) groups excluding carboxylic acids is 3. The zero-order valence-corrected chi connectivity index (χ0v) is 26.0. The summed E-state index contributed by atoms with van der Waals surface area (Å²) in [5, 5.41) is 2.76. The molecule has 0 bridgehead atoms. The minimum absolute atomic E-state index is 0.0922. The van der Waals surface area contributed by atoms with Crippen molar-refractivity contribution in [2.75, 3.05) is 13.2 Å². The number of unbranched alkanes of at least 4 members (excludes halogenated alkanes) is 18. The van der Waals surface area contributed by atoms with Gasteiger partial charge in [-0.25, -0.2) is 0 Å². The van der Waals surface area contributed by atoms with Crippen LogP contribution in [0.15, 0.2) is 0 Å². The van der Waals surface area contributed by atoms with Crippen LogP contribution in [0.5, 0.6) is 0 Å². The van der Waals surface area contributed by atoms with Crippen molar-refractivity contribution < 1.29 is 23.9 Å². The molecule has 0 spiro atoms. The summed E-state index contributed by atoms with van der Waals surface area (Å²) in [5.74, 6) is -0.240. The Morgan fingerprint density at radius 3 is 1.56 bits per heavy atom. The van der Waals surface area contributed by atoms with Crippen LogP contribution in [0.2, 0.25) is 0 Å². The fourth-order valence-electron chi connectivity index (χ4n) is 4.73. The SMILES string of the molecule is CCCCCCCCCCCCCC(=O)N[C@@H](C=O)COCC[C@@H](C)OC(=O)CCCCCCCCCCC. The Hall–Kier alpha value is -1.43. The molecule has 1 amide bonds. The highest BCUT2D eigenvalue weighted by Gasteiger charge is 2.13. The van der Waals surface area contributed by atoms with Gasteiger partial charge < -0.3 is 19.6 Å². The number of nitrogens with one attached hydrogen (secondary N) is 1. The van der Waals surface area contributed by atoms with Crippen LogP contribution in [0.1, 0.15) is 168 Å². The summed E-state index contributed by atoms with van der Waals surface area (Å²) in [6, 6.07) is -0.630. The third-order valence-electron chi connectivity index (χ3n) is 7.30. The summed E-state index contributed by atoms with van der Waals surface area (Å²) in [5.41, 5.74) is 0. The number of hydrogen-bond donors (Lipinski definition) is 1. The van der Waals surface area contributed by atoms with Crippen LogP contribution in [0.25, 0.3) is 0 Å². The minimum Gasteiger partial charge on any atom is -0.463 e. The highest BCUT2D eigenvalue weighted by Crippen LogP contribution is 2.13. The molecule has 0 aliphatic carbocycles. The summed E-state index contributed by atoms with van der Waals surface area (Å²) in [7, 11) is 0. The van der Waals surface area contributed by atoms with Gasteiger partial charge in [0.05, 0.1) is 13.2 Å². The second-order valence-electron chi connectivity index (χ2n) is 11.3. The zero-order valence-electron chi connectivity index (χ0n) is 26.0. The van der Waals surface area contributed by atoms with Gasteiger partial charge in [-0.05, 0) is 19.8 Å². The number of carbonyl (C=O) groups is 3. The molecule has 0 unspecified atom stereocenters. The fraction of sp³-hybridized carbons (Fsp3) is 0.909. The van der Waals surface area contributed by atoms with Gasteiger partial charge in [-0.2, -0.15) is 0 Å². The third kappa shape index (κ3) is 27.9. The Morgan fingerprint density at radius 2 is 1.10 bits per heavy atom. The molecule has 39 heavy (non-hydrogen) atoms. The van der Waals surface area contributed by atoms with E-state index >= 15 is 0 Å². The van der Waals surface area contributed by atoms with E-state index in [0.29, 0.717) is 25.9 Å². The number of esters is 1.